The van der Waals surface area contributed by atoms with E-state index in [2.05, 4.69) is 21.3 Å². The van der Waals surface area contributed by atoms with Crippen molar-refractivity contribution in [3.63, 3.8) is 0 Å². The summed E-state index contributed by atoms with van der Waals surface area (Å²) in [6, 6.07) is -15.1. The van der Waals surface area contributed by atoms with Gasteiger partial charge in [0, 0.05) is 55.8 Å². The van der Waals surface area contributed by atoms with Crippen LogP contribution in [0.4, 0.5) is 0 Å². The number of rotatable bonds is 16. The van der Waals surface area contributed by atoms with Gasteiger partial charge >= 0.3 is 0 Å². The minimum absolute atomic E-state index is 0.0987. The largest absolute Gasteiger partial charge is 0.394 e. The van der Waals surface area contributed by atoms with E-state index in [0.717, 1.165) is 19.6 Å². The van der Waals surface area contributed by atoms with Gasteiger partial charge < -0.3 is 70.9 Å². The van der Waals surface area contributed by atoms with E-state index in [4.69, 9.17) is 0 Å². The van der Waals surface area contributed by atoms with E-state index < -0.39 is 174 Å². The van der Waals surface area contributed by atoms with E-state index in [1.54, 1.807) is 60.6 Å². The molecule has 1 aliphatic rings. The minimum atomic E-state index is -1.70. The number of aliphatic hydroxyl groups is 3. The van der Waals surface area contributed by atoms with Gasteiger partial charge in [0.05, 0.1) is 18.3 Å². The number of carbonyl (C=O) groups excluding carboxylic acids is 11. The third-order valence-corrected chi connectivity index (χ3v) is 16.6. The lowest BCUT2D eigenvalue weighted by Crippen LogP contribution is -2.64. The Hall–Kier alpha value is -6.21. The molecule has 0 saturated carbocycles. The summed E-state index contributed by atoms with van der Waals surface area (Å²) in [5, 5.41) is 44.9. The first kappa shape index (κ1) is 79.8. The Balaban J connectivity index is 4.45. The fraction of sp³-hybridized carbons (Fsp3) is 0.794. The molecule has 88 heavy (non-hydrogen) atoms. The van der Waals surface area contributed by atoms with Crippen LogP contribution in [0, 0.1) is 35.5 Å². The average Bonchev–Trinajstić information content (AvgIpc) is 2.21. The van der Waals surface area contributed by atoms with Gasteiger partial charge in [0.15, 0.2) is 0 Å². The summed E-state index contributed by atoms with van der Waals surface area (Å²) in [5.41, 5.74) is -1.62. The van der Waals surface area contributed by atoms with Crippen LogP contribution >= 0.6 is 0 Å². The van der Waals surface area contributed by atoms with Crippen LogP contribution in [0.1, 0.15) is 156 Å². The first-order valence-electron chi connectivity index (χ1n) is 31.2. The zero-order chi connectivity index (χ0) is 68.5. The molecule has 7 N–H and O–H groups in total. The molecule has 25 nitrogen and oxygen atoms in total. The Bertz CT molecular complexity index is 2430. The number of hydrogen-bond acceptors (Lipinski definition) is 14. The maximum atomic E-state index is 15.2. The summed E-state index contributed by atoms with van der Waals surface area (Å²) in [5.74, 6) is -11.1. The van der Waals surface area contributed by atoms with Crippen molar-refractivity contribution in [1.82, 2.24) is 55.6 Å². The predicted molar refractivity (Wildman–Crippen MR) is 336 cm³/mol. The number of allylic oxidation sites excluding steroid dienone is 2. The Morgan fingerprint density at radius 2 is 0.886 bits per heavy atom. The highest BCUT2D eigenvalue weighted by atomic mass is 16.3. The fourth-order valence-electron chi connectivity index (χ4n) is 11.0. The van der Waals surface area contributed by atoms with Crippen LogP contribution in [0.15, 0.2) is 12.2 Å². The molecule has 0 aromatic rings. The van der Waals surface area contributed by atoms with E-state index in [0.29, 0.717) is 0 Å². The van der Waals surface area contributed by atoms with Crippen LogP contribution in [0.3, 0.4) is 0 Å². The van der Waals surface area contributed by atoms with Gasteiger partial charge in [-0.3, -0.25) is 52.7 Å². The summed E-state index contributed by atoms with van der Waals surface area (Å²) in [6.45, 7) is 27.4. The average molecular weight is 1250 g/mol. The Labute approximate surface area is 524 Å². The van der Waals surface area contributed by atoms with Crippen molar-refractivity contribution < 1.29 is 68.1 Å². The monoisotopic (exact) mass is 1250 g/mol. The first-order chi connectivity index (χ1) is 40.5. The molecular weight excluding hydrogens is 1130 g/mol. The number of nitrogens with zero attached hydrogens (tertiary/aromatic N) is 7. The molecular formula is C63H113N11O14. The van der Waals surface area contributed by atoms with Gasteiger partial charge in [-0.2, -0.15) is 0 Å². The molecule has 13 atom stereocenters. The van der Waals surface area contributed by atoms with Gasteiger partial charge in [-0.05, 0) is 102 Å². The van der Waals surface area contributed by atoms with E-state index in [-0.39, 0.29) is 49.9 Å². The SMILES string of the molecule is C/C=C/C[C@@H](C)[C@@H](O)[C@H]1C(=O)N[C@@H](CC)C(=O)N(C)[C@H](CO)C(=O)N(C)[C@@H](CC(C)(C)O)C(=O)N[C@@H](C(C)C)C(=O)N(C)[C@@H](CC(C)C)C(=O)N[C@@H](C)C(=O)N[C@H](C)C(=O)N(C)[C@@H](CC(C)C)C(=O)N(C)[C@@H](CC(C)C)C(=O)N(C)[C@@H](C(C)C)C(=O)N1C. The molecule has 1 fully saturated rings. The van der Waals surface area contributed by atoms with Crippen LogP contribution in [0.2, 0.25) is 0 Å². The maximum Gasteiger partial charge on any atom is 0.248 e. The number of amides is 11. The highest BCUT2D eigenvalue weighted by molar-refractivity contribution is 6.00. The van der Waals surface area contributed by atoms with Gasteiger partial charge in [-0.25, -0.2) is 0 Å². The molecule has 0 aromatic heterocycles. The van der Waals surface area contributed by atoms with E-state index in [1.807, 2.05) is 41.5 Å². The maximum absolute atomic E-state index is 15.2. The summed E-state index contributed by atoms with van der Waals surface area (Å²) in [7, 11) is 9.40. The molecule has 11 amide bonds. The zero-order valence-electron chi connectivity index (χ0n) is 57.5. The number of aliphatic hydroxyl groups excluding tert-OH is 2. The van der Waals surface area contributed by atoms with Gasteiger partial charge in [-0.1, -0.05) is 95.2 Å². The second-order valence-corrected chi connectivity index (χ2v) is 26.9. The molecule has 1 aliphatic heterocycles. The quantitative estimate of drug-likeness (QED) is 0.108. The third kappa shape index (κ3) is 21.8. The summed E-state index contributed by atoms with van der Waals surface area (Å²) >= 11 is 0. The molecule has 25 heteroatoms. The molecule has 0 spiro atoms. The Morgan fingerprint density at radius 3 is 1.33 bits per heavy atom. The molecule has 504 valence electrons. The van der Waals surface area contributed by atoms with Gasteiger partial charge in [0.25, 0.3) is 0 Å². The van der Waals surface area contributed by atoms with Crippen LogP contribution in [-0.4, -0.2) is 249 Å². The Morgan fingerprint density at radius 1 is 0.477 bits per heavy atom. The lowest BCUT2D eigenvalue weighted by Gasteiger charge is -2.41. The van der Waals surface area contributed by atoms with E-state index >= 15 is 9.59 Å². The van der Waals surface area contributed by atoms with Crippen molar-refractivity contribution >= 4 is 65.0 Å². The van der Waals surface area contributed by atoms with Crippen LogP contribution < -0.4 is 21.3 Å². The molecule has 0 radical (unpaired) electrons. The molecule has 1 rings (SSSR count). The highest BCUT2D eigenvalue weighted by Gasteiger charge is 2.46. The van der Waals surface area contributed by atoms with Gasteiger partial charge in [0.2, 0.25) is 65.0 Å². The highest BCUT2D eigenvalue weighted by Crippen LogP contribution is 2.26. The molecule has 0 aromatic carbocycles. The summed E-state index contributed by atoms with van der Waals surface area (Å²) in [6.07, 6.45) is 2.07. The smallest absolute Gasteiger partial charge is 0.248 e. The second kappa shape index (κ2) is 35.3. The molecule has 0 bridgehead atoms. The van der Waals surface area contributed by atoms with Crippen molar-refractivity contribution in [2.24, 2.45) is 35.5 Å². The molecule has 1 heterocycles. The van der Waals surface area contributed by atoms with E-state index in [1.165, 1.54) is 91.7 Å². The summed E-state index contributed by atoms with van der Waals surface area (Å²) in [4.78, 5) is 169. The lowest BCUT2D eigenvalue weighted by molar-refractivity contribution is -0.157. The lowest BCUT2D eigenvalue weighted by atomic mass is 9.91. The predicted octanol–water partition coefficient (Wildman–Crippen LogP) is 1.74. The Kier molecular flexibility index (Phi) is 32.0. The van der Waals surface area contributed by atoms with Crippen LogP contribution in [0.5, 0.6) is 0 Å². The fourth-order valence-corrected chi connectivity index (χ4v) is 11.0. The van der Waals surface area contributed by atoms with Crippen LogP contribution in [-0.2, 0) is 52.7 Å². The van der Waals surface area contributed by atoms with Crippen molar-refractivity contribution in [2.45, 2.75) is 234 Å². The van der Waals surface area contributed by atoms with Crippen molar-refractivity contribution in [2.75, 3.05) is 55.9 Å². The van der Waals surface area contributed by atoms with Crippen molar-refractivity contribution in [3.8, 4) is 0 Å². The topological polar surface area (TPSA) is 319 Å². The van der Waals surface area contributed by atoms with Gasteiger partial charge in [-0.15, -0.1) is 0 Å². The summed E-state index contributed by atoms with van der Waals surface area (Å²) < 4.78 is 0. The van der Waals surface area contributed by atoms with Crippen molar-refractivity contribution in [1.29, 1.82) is 0 Å². The minimum Gasteiger partial charge on any atom is -0.394 e. The number of carbonyl (C=O) groups is 11. The standard InChI is InChI=1S/C63H113N11O14/c1-25-27-28-39(13)51(76)50-55(80)66-42(26-2)57(82)72(22)47(33-75)60(85)71(21)46(32-63(16,17)88)54(79)67-48(37(9)10)61(86)68(18)43(29-34(3)4)53(78)64-40(14)52(77)65-41(15)56(81)69(19)44(30-35(5)6)58(83)70(20)45(31-36(7)8)59(84)73(23)49(38(11)12)62(87)74(50)24/h25,27,34-51,75-76,88H,26,28-33H2,1-24H3,(H,64,78)(H,65,77)(H,66,80)(H,67,79)/b27-25+/t39-,40+,41-,42+,43+,44+,45+,46+,47-,48+,49+,50+,51-/m1/s1. The van der Waals surface area contributed by atoms with Gasteiger partial charge in [0.1, 0.15) is 66.5 Å². The molecule has 0 aliphatic carbocycles. The zero-order valence-corrected chi connectivity index (χ0v) is 57.5. The van der Waals surface area contributed by atoms with Crippen LogP contribution in [0.25, 0.3) is 0 Å². The number of hydrogen-bond donors (Lipinski definition) is 7. The number of likely N-dealkylation sites (N-methyl/N-ethyl adjacent to an activating group) is 7. The first-order valence-corrected chi connectivity index (χ1v) is 31.2. The third-order valence-electron chi connectivity index (χ3n) is 16.6. The second-order valence-electron chi connectivity index (χ2n) is 26.9. The van der Waals surface area contributed by atoms with Crippen molar-refractivity contribution in [3.05, 3.63) is 12.2 Å². The molecule has 1 saturated heterocycles. The molecule has 0 unspecified atom stereocenters. The van der Waals surface area contributed by atoms with E-state index in [9.17, 15) is 58.5 Å². The normalized spacial score (nSPS) is 27.4. The number of nitrogens with one attached hydrogen (secondary N) is 4.